The van der Waals surface area contributed by atoms with Crippen LogP contribution < -0.4 is 20.1 Å². The van der Waals surface area contributed by atoms with Gasteiger partial charge in [-0.1, -0.05) is 0 Å². The van der Waals surface area contributed by atoms with Crippen molar-refractivity contribution >= 4 is 11.8 Å². The predicted octanol–water partition coefficient (Wildman–Crippen LogP) is 0.485. The van der Waals surface area contributed by atoms with Gasteiger partial charge in [0, 0.05) is 13.2 Å². The zero-order valence-corrected chi connectivity index (χ0v) is 13.2. The van der Waals surface area contributed by atoms with Crippen molar-refractivity contribution in [2.24, 2.45) is 0 Å². The molecule has 2 amide bonds. The quantitative estimate of drug-likeness (QED) is 0.727. The number of amides is 2. The van der Waals surface area contributed by atoms with Gasteiger partial charge < -0.3 is 24.8 Å². The third kappa shape index (κ3) is 6.15. The maximum Gasteiger partial charge on any atom is 0.258 e. The molecule has 1 aliphatic heterocycles. The predicted molar refractivity (Wildman–Crippen MR) is 83.5 cm³/mol. The van der Waals surface area contributed by atoms with Gasteiger partial charge in [-0.25, -0.2) is 0 Å². The van der Waals surface area contributed by atoms with Crippen LogP contribution in [0, 0.1) is 0 Å². The largest absolute Gasteiger partial charge is 0.497 e. The van der Waals surface area contributed by atoms with E-state index in [-0.39, 0.29) is 31.1 Å². The van der Waals surface area contributed by atoms with Crippen LogP contribution in [-0.2, 0) is 14.3 Å². The van der Waals surface area contributed by atoms with Crippen LogP contribution in [0.4, 0.5) is 0 Å². The Balaban J connectivity index is 1.59. The molecular weight excluding hydrogens is 300 g/mol. The molecule has 0 aliphatic carbocycles. The lowest BCUT2D eigenvalue weighted by Crippen LogP contribution is -2.41. The number of ether oxygens (including phenoxy) is 3. The standard InChI is InChI=1S/C16H22N2O5/c1-21-12-4-6-13(7-5-12)23-11-16(20)18-10-15(19)17-9-14-3-2-8-22-14/h4-7,14H,2-3,8-11H2,1H3,(H,17,19)(H,18,20). The molecule has 126 valence electrons. The van der Waals surface area contributed by atoms with Gasteiger partial charge in [-0.2, -0.15) is 0 Å². The highest BCUT2D eigenvalue weighted by Gasteiger charge is 2.16. The van der Waals surface area contributed by atoms with Crippen LogP contribution in [0.15, 0.2) is 24.3 Å². The zero-order chi connectivity index (χ0) is 16.5. The summed E-state index contributed by atoms with van der Waals surface area (Å²) in [5.41, 5.74) is 0. The van der Waals surface area contributed by atoms with E-state index < -0.39 is 0 Å². The van der Waals surface area contributed by atoms with E-state index in [4.69, 9.17) is 14.2 Å². The Morgan fingerprint density at radius 1 is 1.17 bits per heavy atom. The van der Waals surface area contributed by atoms with Gasteiger partial charge in [-0.3, -0.25) is 9.59 Å². The molecule has 1 unspecified atom stereocenters. The molecule has 7 heteroatoms. The summed E-state index contributed by atoms with van der Waals surface area (Å²) in [6.45, 7) is 1.01. The van der Waals surface area contributed by atoms with Gasteiger partial charge in [-0.05, 0) is 37.1 Å². The highest BCUT2D eigenvalue weighted by molar-refractivity contribution is 5.85. The Labute approximate surface area is 135 Å². The Bertz CT molecular complexity index is 512. The Kier molecular flexibility index (Phi) is 6.68. The van der Waals surface area contributed by atoms with Crippen LogP contribution in [0.5, 0.6) is 11.5 Å². The molecule has 1 aliphatic rings. The number of methoxy groups -OCH3 is 1. The van der Waals surface area contributed by atoms with E-state index in [2.05, 4.69) is 10.6 Å². The number of carbonyl (C=O) groups excluding carboxylic acids is 2. The fraction of sp³-hybridized carbons (Fsp3) is 0.500. The number of carbonyl (C=O) groups is 2. The average molecular weight is 322 g/mol. The molecule has 2 rings (SSSR count). The van der Waals surface area contributed by atoms with Gasteiger partial charge in [0.05, 0.1) is 19.8 Å². The highest BCUT2D eigenvalue weighted by atomic mass is 16.5. The van der Waals surface area contributed by atoms with Crippen molar-refractivity contribution in [2.75, 3.05) is 33.4 Å². The molecule has 1 fully saturated rings. The molecule has 0 spiro atoms. The minimum absolute atomic E-state index is 0.0719. The second-order valence-corrected chi connectivity index (χ2v) is 5.18. The molecule has 1 saturated heterocycles. The number of benzene rings is 1. The van der Waals surface area contributed by atoms with Gasteiger partial charge in [0.25, 0.3) is 5.91 Å². The van der Waals surface area contributed by atoms with Crippen LogP contribution in [0.3, 0.4) is 0 Å². The topological polar surface area (TPSA) is 85.9 Å². The maximum absolute atomic E-state index is 11.6. The first-order valence-electron chi connectivity index (χ1n) is 7.59. The van der Waals surface area contributed by atoms with Crippen LogP contribution in [0.25, 0.3) is 0 Å². The third-order valence-electron chi connectivity index (χ3n) is 3.43. The normalized spacial score (nSPS) is 16.7. The average Bonchev–Trinajstić information content (AvgIpc) is 3.10. The molecule has 23 heavy (non-hydrogen) atoms. The van der Waals surface area contributed by atoms with E-state index in [1.54, 1.807) is 31.4 Å². The lowest BCUT2D eigenvalue weighted by molar-refractivity contribution is -0.127. The number of nitrogens with one attached hydrogen (secondary N) is 2. The lowest BCUT2D eigenvalue weighted by Gasteiger charge is -2.11. The minimum Gasteiger partial charge on any atom is -0.497 e. The Morgan fingerprint density at radius 3 is 2.57 bits per heavy atom. The van der Waals surface area contributed by atoms with Crippen LogP contribution in [-0.4, -0.2) is 51.3 Å². The van der Waals surface area contributed by atoms with E-state index in [1.165, 1.54) is 0 Å². The van der Waals surface area contributed by atoms with Crippen LogP contribution in [0.1, 0.15) is 12.8 Å². The molecular formula is C16H22N2O5. The van der Waals surface area contributed by atoms with E-state index >= 15 is 0 Å². The summed E-state index contributed by atoms with van der Waals surface area (Å²) in [4.78, 5) is 23.3. The molecule has 1 atom stereocenters. The monoisotopic (exact) mass is 322 g/mol. The van der Waals surface area contributed by atoms with Crippen molar-refractivity contribution in [3.05, 3.63) is 24.3 Å². The summed E-state index contributed by atoms with van der Waals surface area (Å²) in [6.07, 6.45) is 2.08. The second kappa shape index (κ2) is 8.99. The number of hydrogen-bond acceptors (Lipinski definition) is 5. The molecule has 0 radical (unpaired) electrons. The summed E-state index contributed by atoms with van der Waals surface area (Å²) < 4.78 is 15.8. The first-order chi connectivity index (χ1) is 11.2. The van der Waals surface area contributed by atoms with Gasteiger partial charge in [-0.15, -0.1) is 0 Å². The first kappa shape index (κ1) is 17.1. The number of rotatable bonds is 8. The molecule has 1 aromatic rings. The fourth-order valence-electron chi connectivity index (χ4n) is 2.15. The highest BCUT2D eigenvalue weighted by Crippen LogP contribution is 2.16. The van der Waals surface area contributed by atoms with Crippen molar-refractivity contribution in [1.82, 2.24) is 10.6 Å². The van der Waals surface area contributed by atoms with Gasteiger partial charge in [0.15, 0.2) is 6.61 Å². The van der Waals surface area contributed by atoms with Gasteiger partial charge in [0.2, 0.25) is 5.91 Å². The molecule has 0 bridgehead atoms. The SMILES string of the molecule is COc1ccc(OCC(=O)NCC(=O)NCC2CCCO2)cc1. The minimum atomic E-state index is -0.354. The van der Waals surface area contributed by atoms with E-state index in [0.29, 0.717) is 18.0 Å². The Morgan fingerprint density at radius 2 is 1.91 bits per heavy atom. The second-order valence-electron chi connectivity index (χ2n) is 5.18. The zero-order valence-electron chi connectivity index (χ0n) is 13.2. The summed E-state index contributed by atoms with van der Waals surface area (Å²) in [6, 6.07) is 6.90. The van der Waals surface area contributed by atoms with Crippen molar-refractivity contribution < 1.29 is 23.8 Å². The lowest BCUT2D eigenvalue weighted by atomic mass is 10.2. The molecule has 7 nitrogen and oxygen atoms in total. The molecule has 1 aromatic carbocycles. The first-order valence-corrected chi connectivity index (χ1v) is 7.59. The van der Waals surface area contributed by atoms with Crippen molar-refractivity contribution in [3.63, 3.8) is 0 Å². The summed E-state index contributed by atoms with van der Waals surface area (Å²) in [7, 11) is 1.58. The number of hydrogen-bond donors (Lipinski definition) is 2. The summed E-state index contributed by atoms with van der Waals surface area (Å²) in [5.74, 6) is 0.680. The van der Waals surface area contributed by atoms with E-state index in [1.807, 2.05) is 0 Å². The Hall–Kier alpha value is -2.28. The summed E-state index contributed by atoms with van der Waals surface area (Å²) >= 11 is 0. The van der Waals surface area contributed by atoms with Crippen molar-refractivity contribution in [3.8, 4) is 11.5 Å². The van der Waals surface area contributed by atoms with Crippen LogP contribution in [0.2, 0.25) is 0 Å². The molecule has 0 aromatic heterocycles. The van der Waals surface area contributed by atoms with Crippen molar-refractivity contribution in [1.29, 1.82) is 0 Å². The van der Waals surface area contributed by atoms with Crippen molar-refractivity contribution in [2.45, 2.75) is 18.9 Å². The molecule has 0 saturated carbocycles. The fourth-order valence-corrected chi connectivity index (χ4v) is 2.15. The molecule has 2 N–H and O–H groups in total. The smallest absolute Gasteiger partial charge is 0.258 e. The van der Waals surface area contributed by atoms with E-state index in [0.717, 1.165) is 19.4 Å². The third-order valence-corrected chi connectivity index (χ3v) is 3.43. The van der Waals surface area contributed by atoms with E-state index in [9.17, 15) is 9.59 Å². The maximum atomic E-state index is 11.6. The van der Waals surface area contributed by atoms with Gasteiger partial charge >= 0.3 is 0 Å². The summed E-state index contributed by atoms with van der Waals surface area (Å²) in [5, 5.41) is 5.24. The van der Waals surface area contributed by atoms with Crippen LogP contribution >= 0.6 is 0 Å². The van der Waals surface area contributed by atoms with Gasteiger partial charge in [0.1, 0.15) is 11.5 Å². The molecule has 1 heterocycles.